The third-order valence-corrected chi connectivity index (χ3v) is 6.19. The van der Waals surface area contributed by atoms with E-state index in [0.717, 1.165) is 25.9 Å². The van der Waals surface area contributed by atoms with E-state index in [2.05, 4.69) is 4.99 Å². The summed E-state index contributed by atoms with van der Waals surface area (Å²) in [6.07, 6.45) is 3.18. The molecule has 1 amide bonds. The van der Waals surface area contributed by atoms with Crippen molar-refractivity contribution in [3.63, 3.8) is 0 Å². The Labute approximate surface area is 168 Å². The number of fused-ring (bicyclic) bond motifs is 3. The highest BCUT2D eigenvalue weighted by atomic mass is 32.1. The van der Waals surface area contributed by atoms with E-state index in [1.54, 1.807) is 22.0 Å². The monoisotopic (exact) mass is 408 g/mol. The zero-order valence-corrected chi connectivity index (χ0v) is 16.6. The zero-order valence-electron chi connectivity index (χ0n) is 15.0. The van der Waals surface area contributed by atoms with E-state index < -0.39 is 5.97 Å². The second kappa shape index (κ2) is 7.92. The largest absolute Gasteiger partial charge is 0.468 e. The summed E-state index contributed by atoms with van der Waals surface area (Å²) < 4.78 is 7.54. The highest BCUT2D eigenvalue weighted by Crippen LogP contribution is 2.27. The minimum absolute atomic E-state index is 0.00437. The highest BCUT2D eigenvalue weighted by molar-refractivity contribution is 7.17. The van der Waals surface area contributed by atoms with Crippen molar-refractivity contribution in [1.82, 2.24) is 4.57 Å². The molecule has 0 radical (unpaired) electrons. The molecular formula is C21H16N2O3S2. The van der Waals surface area contributed by atoms with E-state index in [0.29, 0.717) is 4.80 Å². The molecule has 5 nitrogen and oxygen atoms in total. The summed E-state index contributed by atoms with van der Waals surface area (Å²) in [5.41, 5.74) is 0.850. The van der Waals surface area contributed by atoms with Crippen molar-refractivity contribution >= 4 is 61.6 Å². The number of carbonyl (C=O) groups is 2. The number of rotatable bonds is 4. The van der Waals surface area contributed by atoms with Crippen molar-refractivity contribution in [2.75, 3.05) is 7.11 Å². The molecule has 0 saturated carbocycles. The molecule has 2 aromatic heterocycles. The quantitative estimate of drug-likeness (QED) is 0.375. The Hall–Kier alpha value is -3.03. The van der Waals surface area contributed by atoms with E-state index in [1.165, 1.54) is 24.5 Å². The molecule has 7 heteroatoms. The van der Waals surface area contributed by atoms with E-state index in [4.69, 9.17) is 4.74 Å². The smallest absolute Gasteiger partial charge is 0.325 e. The fourth-order valence-electron chi connectivity index (χ4n) is 2.90. The summed E-state index contributed by atoms with van der Waals surface area (Å²) in [6.45, 7) is -0.00437. The first kappa shape index (κ1) is 18.3. The molecule has 0 aliphatic carbocycles. The molecule has 2 heterocycles. The van der Waals surface area contributed by atoms with Crippen LogP contribution >= 0.6 is 22.7 Å². The lowest BCUT2D eigenvalue weighted by Gasteiger charge is -2.04. The third kappa shape index (κ3) is 3.67. The number of aromatic nitrogens is 1. The summed E-state index contributed by atoms with van der Waals surface area (Å²) >= 11 is 2.94. The van der Waals surface area contributed by atoms with Crippen molar-refractivity contribution in [3.8, 4) is 0 Å². The molecule has 4 aromatic rings. The molecule has 0 aliphatic heterocycles. The van der Waals surface area contributed by atoms with Crippen molar-refractivity contribution in [2.45, 2.75) is 6.54 Å². The summed E-state index contributed by atoms with van der Waals surface area (Å²) in [7, 11) is 1.35. The number of thiazole rings is 1. The minimum atomic E-state index is -0.393. The van der Waals surface area contributed by atoms with Gasteiger partial charge >= 0.3 is 5.97 Å². The van der Waals surface area contributed by atoms with Crippen molar-refractivity contribution in [1.29, 1.82) is 0 Å². The van der Waals surface area contributed by atoms with E-state index >= 15 is 0 Å². The normalized spacial score (nSPS) is 12.2. The summed E-state index contributed by atoms with van der Waals surface area (Å²) in [5, 5.41) is 4.10. The summed E-state index contributed by atoms with van der Waals surface area (Å²) in [4.78, 5) is 30.0. The van der Waals surface area contributed by atoms with Gasteiger partial charge in [0, 0.05) is 16.3 Å². The van der Waals surface area contributed by atoms with Crippen LogP contribution in [-0.2, 0) is 20.9 Å². The van der Waals surface area contributed by atoms with Gasteiger partial charge in [-0.15, -0.1) is 11.3 Å². The average molecular weight is 409 g/mol. The number of benzene rings is 2. The van der Waals surface area contributed by atoms with Gasteiger partial charge < -0.3 is 9.30 Å². The van der Waals surface area contributed by atoms with Crippen LogP contribution in [-0.4, -0.2) is 23.6 Å². The first-order valence-electron chi connectivity index (χ1n) is 8.54. The number of thiophene rings is 1. The molecule has 0 spiro atoms. The maximum atomic E-state index is 12.4. The third-order valence-electron chi connectivity index (χ3n) is 4.23. The van der Waals surface area contributed by atoms with Gasteiger partial charge in [-0.3, -0.25) is 9.59 Å². The molecule has 0 bridgehead atoms. The second-order valence-electron chi connectivity index (χ2n) is 5.98. The standard InChI is InChI=1S/C21H16N2O3S2/c1-26-19(25)13-23-17-10-8-14-5-2-3-7-16(14)20(17)28-21(23)22-18(24)11-9-15-6-4-12-27-15/h2-12H,13H2,1H3. The first-order chi connectivity index (χ1) is 13.7. The van der Waals surface area contributed by atoms with Gasteiger partial charge in [-0.2, -0.15) is 4.99 Å². The fourth-order valence-corrected chi connectivity index (χ4v) is 4.69. The van der Waals surface area contributed by atoms with Crippen LogP contribution in [0.1, 0.15) is 4.88 Å². The Balaban J connectivity index is 1.85. The molecule has 4 rings (SSSR count). The van der Waals surface area contributed by atoms with Crippen LogP contribution in [0, 0.1) is 0 Å². The molecule has 0 saturated heterocycles. The van der Waals surface area contributed by atoms with Crippen LogP contribution in [0.3, 0.4) is 0 Å². The van der Waals surface area contributed by atoms with Gasteiger partial charge in [0.2, 0.25) is 0 Å². The van der Waals surface area contributed by atoms with Crippen LogP contribution in [0.5, 0.6) is 0 Å². The van der Waals surface area contributed by atoms with Crippen LogP contribution < -0.4 is 4.80 Å². The van der Waals surface area contributed by atoms with E-state index in [1.807, 2.05) is 53.9 Å². The van der Waals surface area contributed by atoms with Crippen molar-refractivity contribution < 1.29 is 14.3 Å². The lowest BCUT2D eigenvalue weighted by atomic mass is 10.1. The van der Waals surface area contributed by atoms with Crippen LogP contribution in [0.25, 0.3) is 27.1 Å². The number of carbonyl (C=O) groups excluding carboxylic acids is 2. The predicted molar refractivity (Wildman–Crippen MR) is 113 cm³/mol. The first-order valence-corrected chi connectivity index (χ1v) is 10.2. The fraction of sp³-hybridized carbons (Fsp3) is 0.0952. The van der Waals surface area contributed by atoms with Gasteiger partial charge in [-0.1, -0.05) is 47.7 Å². The molecule has 28 heavy (non-hydrogen) atoms. The van der Waals surface area contributed by atoms with Crippen LogP contribution in [0.2, 0.25) is 0 Å². The van der Waals surface area contributed by atoms with Gasteiger partial charge in [0.25, 0.3) is 5.91 Å². The second-order valence-corrected chi connectivity index (χ2v) is 7.94. The molecule has 140 valence electrons. The van der Waals surface area contributed by atoms with E-state index in [-0.39, 0.29) is 12.5 Å². The number of esters is 1. The van der Waals surface area contributed by atoms with Gasteiger partial charge in [-0.05, 0) is 29.0 Å². The molecule has 0 unspecified atom stereocenters. The molecule has 2 aromatic carbocycles. The molecule has 0 atom stereocenters. The Morgan fingerprint density at radius 1 is 1.14 bits per heavy atom. The van der Waals surface area contributed by atoms with Gasteiger partial charge in [-0.25, -0.2) is 0 Å². The Morgan fingerprint density at radius 2 is 2.00 bits per heavy atom. The maximum Gasteiger partial charge on any atom is 0.325 e. The van der Waals surface area contributed by atoms with Crippen LogP contribution in [0.4, 0.5) is 0 Å². The predicted octanol–water partition coefficient (Wildman–Crippen LogP) is 4.23. The minimum Gasteiger partial charge on any atom is -0.468 e. The molecule has 0 fully saturated rings. The van der Waals surface area contributed by atoms with E-state index in [9.17, 15) is 9.59 Å². The summed E-state index contributed by atoms with van der Waals surface area (Å²) in [6, 6.07) is 15.8. The van der Waals surface area contributed by atoms with Gasteiger partial charge in [0.1, 0.15) is 6.54 Å². The van der Waals surface area contributed by atoms with Crippen molar-refractivity contribution in [3.05, 3.63) is 69.7 Å². The Bertz CT molecular complexity index is 1260. The number of methoxy groups -OCH3 is 1. The topological polar surface area (TPSA) is 60.7 Å². The Morgan fingerprint density at radius 3 is 2.79 bits per heavy atom. The van der Waals surface area contributed by atoms with Gasteiger partial charge in [0.15, 0.2) is 4.80 Å². The Kier molecular flexibility index (Phi) is 5.18. The average Bonchev–Trinajstić information content (AvgIpc) is 3.35. The number of ether oxygens (including phenoxy) is 1. The maximum absolute atomic E-state index is 12.4. The number of amides is 1. The van der Waals surface area contributed by atoms with Crippen molar-refractivity contribution in [2.24, 2.45) is 4.99 Å². The molecular weight excluding hydrogens is 392 g/mol. The lowest BCUT2D eigenvalue weighted by molar-refractivity contribution is -0.141. The SMILES string of the molecule is COC(=O)Cn1c(=NC(=O)C=Cc2cccs2)sc2c3ccccc3ccc21. The lowest BCUT2D eigenvalue weighted by Crippen LogP contribution is -2.22. The number of hydrogen-bond donors (Lipinski definition) is 0. The molecule has 0 N–H and O–H groups in total. The number of hydrogen-bond acceptors (Lipinski definition) is 5. The molecule has 0 aliphatic rings. The van der Waals surface area contributed by atoms with Gasteiger partial charge in [0.05, 0.1) is 17.3 Å². The zero-order chi connectivity index (χ0) is 19.5. The number of nitrogens with zero attached hydrogens (tertiary/aromatic N) is 2. The summed E-state index contributed by atoms with van der Waals surface area (Å²) in [5.74, 6) is -0.765. The highest BCUT2D eigenvalue weighted by Gasteiger charge is 2.13. The van der Waals surface area contributed by atoms with Crippen LogP contribution in [0.15, 0.2) is 65.0 Å².